The van der Waals surface area contributed by atoms with E-state index in [-0.39, 0.29) is 23.9 Å². The van der Waals surface area contributed by atoms with Gasteiger partial charge >= 0.3 is 0 Å². The number of nitrogens with one attached hydrogen (secondary N) is 2. The van der Waals surface area contributed by atoms with Crippen molar-refractivity contribution in [2.45, 2.75) is 6.54 Å². The number of morpholine rings is 1. The topological polar surface area (TPSA) is 77.1 Å². The maximum absolute atomic E-state index is 14.6. The van der Waals surface area contributed by atoms with Gasteiger partial charge in [0.25, 0.3) is 5.91 Å². The molecule has 1 aromatic rings. The molecule has 3 N–H and O–H groups in total. The summed E-state index contributed by atoms with van der Waals surface area (Å²) in [7, 11) is 0. The number of amides is 1. The predicted octanol–water partition coefficient (Wildman–Crippen LogP) is -0.281. The number of hydrogen-bond donors (Lipinski definition) is 3. The fraction of sp³-hybridized carbons (Fsp3) is 0.462. The van der Waals surface area contributed by atoms with E-state index in [1.807, 2.05) is 0 Å². The normalized spacial score (nSPS) is 19.9. The third-order valence-electron chi connectivity index (χ3n) is 3.57. The Morgan fingerprint density at radius 1 is 1.33 bits per heavy atom. The van der Waals surface area contributed by atoms with Crippen molar-refractivity contribution in [3.8, 4) is 5.75 Å². The SMILES string of the molecule is O=C1CN(c2c(O)ccc(CN3CCOCC3)c2F)NN1. The standard InChI is InChI=1S/C13H17FN4O3/c14-12-9(7-17-3-5-21-6-4-17)1-2-10(19)13(12)18-8-11(20)15-16-18/h1-2,16,19H,3-8H2,(H,15,20). The zero-order valence-electron chi connectivity index (χ0n) is 11.4. The van der Waals surface area contributed by atoms with Crippen molar-refractivity contribution in [2.75, 3.05) is 37.9 Å². The first-order valence-electron chi connectivity index (χ1n) is 6.77. The Kier molecular flexibility index (Phi) is 3.91. The van der Waals surface area contributed by atoms with Crippen LogP contribution in [0, 0.1) is 5.82 Å². The Morgan fingerprint density at radius 3 is 2.76 bits per heavy atom. The molecule has 0 saturated carbocycles. The molecule has 2 fully saturated rings. The molecule has 2 saturated heterocycles. The molecule has 0 spiro atoms. The molecule has 2 aliphatic rings. The maximum Gasteiger partial charge on any atom is 0.256 e. The number of hydrogen-bond acceptors (Lipinski definition) is 6. The minimum absolute atomic E-state index is 0.0147. The van der Waals surface area contributed by atoms with Crippen molar-refractivity contribution in [1.29, 1.82) is 0 Å². The minimum Gasteiger partial charge on any atom is -0.506 e. The van der Waals surface area contributed by atoms with Crippen LogP contribution < -0.4 is 16.0 Å². The first kappa shape index (κ1) is 14.1. The molecule has 0 atom stereocenters. The summed E-state index contributed by atoms with van der Waals surface area (Å²) in [4.78, 5) is 13.3. The molecule has 0 aromatic heterocycles. The molecule has 0 aliphatic carbocycles. The summed E-state index contributed by atoms with van der Waals surface area (Å²) in [6.07, 6.45) is 0. The molecule has 0 unspecified atom stereocenters. The highest BCUT2D eigenvalue weighted by atomic mass is 19.1. The van der Waals surface area contributed by atoms with Gasteiger partial charge in [0.2, 0.25) is 0 Å². The van der Waals surface area contributed by atoms with Crippen molar-refractivity contribution >= 4 is 11.6 Å². The average molecular weight is 296 g/mol. The van der Waals surface area contributed by atoms with Crippen LogP contribution in [0.25, 0.3) is 0 Å². The Bertz CT molecular complexity index is 548. The maximum atomic E-state index is 14.6. The second-order valence-electron chi connectivity index (χ2n) is 5.04. The van der Waals surface area contributed by atoms with Crippen molar-refractivity contribution < 1.29 is 19.0 Å². The molecule has 0 radical (unpaired) electrons. The zero-order chi connectivity index (χ0) is 14.8. The summed E-state index contributed by atoms with van der Waals surface area (Å²) in [5, 5.41) is 11.1. The van der Waals surface area contributed by atoms with Gasteiger partial charge in [0.15, 0.2) is 5.82 Å². The Morgan fingerprint density at radius 2 is 2.10 bits per heavy atom. The third-order valence-corrected chi connectivity index (χ3v) is 3.57. The molecule has 3 rings (SSSR count). The number of phenolic OH excluding ortho intramolecular Hbond substituents is 1. The van der Waals surface area contributed by atoms with Crippen LogP contribution in [0.3, 0.4) is 0 Å². The monoisotopic (exact) mass is 296 g/mol. The number of halogens is 1. The molecular formula is C13H17FN4O3. The number of carbonyl (C=O) groups excluding carboxylic acids is 1. The number of ether oxygens (including phenoxy) is 1. The van der Waals surface area contributed by atoms with Gasteiger partial charge in [-0.3, -0.25) is 20.1 Å². The highest BCUT2D eigenvalue weighted by molar-refractivity contribution is 5.84. The first-order valence-corrected chi connectivity index (χ1v) is 6.77. The lowest BCUT2D eigenvalue weighted by Gasteiger charge is -2.27. The van der Waals surface area contributed by atoms with Crippen molar-refractivity contribution in [2.24, 2.45) is 0 Å². The van der Waals surface area contributed by atoms with Gasteiger partial charge in [-0.2, -0.15) is 0 Å². The van der Waals surface area contributed by atoms with E-state index < -0.39 is 5.82 Å². The van der Waals surface area contributed by atoms with Crippen LogP contribution in [0.4, 0.5) is 10.1 Å². The average Bonchev–Trinajstić information content (AvgIpc) is 2.90. The summed E-state index contributed by atoms with van der Waals surface area (Å²) < 4.78 is 19.9. The summed E-state index contributed by atoms with van der Waals surface area (Å²) in [5.74, 6) is -1.01. The van der Waals surface area contributed by atoms with E-state index in [1.54, 1.807) is 6.07 Å². The number of rotatable bonds is 3. The van der Waals surface area contributed by atoms with Gasteiger partial charge in [-0.1, -0.05) is 6.07 Å². The molecule has 2 aliphatic heterocycles. The Hall–Kier alpha value is -1.90. The van der Waals surface area contributed by atoms with E-state index in [0.717, 1.165) is 13.1 Å². The molecular weight excluding hydrogens is 279 g/mol. The molecule has 2 heterocycles. The van der Waals surface area contributed by atoms with Crippen LogP contribution in [0.15, 0.2) is 12.1 Å². The van der Waals surface area contributed by atoms with Gasteiger partial charge < -0.3 is 9.84 Å². The smallest absolute Gasteiger partial charge is 0.256 e. The quantitative estimate of drug-likeness (QED) is 0.712. The highest BCUT2D eigenvalue weighted by Crippen LogP contribution is 2.32. The molecule has 8 heteroatoms. The van der Waals surface area contributed by atoms with Gasteiger partial charge in [-0.05, 0) is 6.07 Å². The second kappa shape index (κ2) is 5.84. The van der Waals surface area contributed by atoms with Crippen LogP contribution in [-0.2, 0) is 16.1 Å². The zero-order valence-corrected chi connectivity index (χ0v) is 11.4. The van der Waals surface area contributed by atoms with Gasteiger partial charge in [-0.15, -0.1) is 5.53 Å². The summed E-state index contributed by atoms with van der Waals surface area (Å²) in [6, 6.07) is 3.01. The van der Waals surface area contributed by atoms with Gasteiger partial charge in [0, 0.05) is 25.2 Å². The summed E-state index contributed by atoms with van der Waals surface area (Å²) >= 11 is 0. The number of carbonyl (C=O) groups is 1. The van der Waals surface area contributed by atoms with Crippen LogP contribution in [-0.4, -0.2) is 48.8 Å². The Balaban J connectivity index is 1.83. The molecule has 1 amide bonds. The molecule has 0 bridgehead atoms. The van der Waals surface area contributed by atoms with Crippen LogP contribution in [0.2, 0.25) is 0 Å². The predicted molar refractivity (Wildman–Crippen MR) is 72.8 cm³/mol. The van der Waals surface area contributed by atoms with E-state index >= 15 is 0 Å². The van der Waals surface area contributed by atoms with Gasteiger partial charge in [0.05, 0.1) is 13.2 Å². The highest BCUT2D eigenvalue weighted by Gasteiger charge is 2.26. The van der Waals surface area contributed by atoms with E-state index in [9.17, 15) is 14.3 Å². The molecule has 7 nitrogen and oxygen atoms in total. The largest absolute Gasteiger partial charge is 0.506 e. The lowest BCUT2D eigenvalue weighted by Crippen LogP contribution is -2.38. The number of phenols is 1. The van der Waals surface area contributed by atoms with E-state index in [1.165, 1.54) is 11.1 Å². The first-order chi connectivity index (χ1) is 10.1. The van der Waals surface area contributed by atoms with Crippen molar-refractivity contribution in [1.82, 2.24) is 15.9 Å². The Labute approximate surface area is 121 Å². The van der Waals surface area contributed by atoms with E-state index in [2.05, 4.69) is 15.9 Å². The lowest BCUT2D eigenvalue weighted by molar-refractivity contribution is -0.118. The van der Waals surface area contributed by atoms with Gasteiger partial charge in [-0.25, -0.2) is 4.39 Å². The molecule has 21 heavy (non-hydrogen) atoms. The molecule has 114 valence electrons. The van der Waals surface area contributed by atoms with Crippen LogP contribution in [0.1, 0.15) is 5.56 Å². The summed E-state index contributed by atoms with van der Waals surface area (Å²) in [6.45, 7) is 3.16. The van der Waals surface area contributed by atoms with Crippen molar-refractivity contribution in [3.05, 3.63) is 23.5 Å². The second-order valence-corrected chi connectivity index (χ2v) is 5.04. The van der Waals surface area contributed by atoms with Crippen LogP contribution in [0.5, 0.6) is 5.75 Å². The summed E-state index contributed by atoms with van der Waals surface area (Å²) in [5.41, 5.74) is 5.35. The van der Waals surface area contributed by atoms with Crippen LogP contribution >= 0.6 is 0 Å². The number of aromatic hydroxyl groups is 1. The fourth-order valence-electron chi connectivity index (χ4n) is 2.46. The minimum atomic E-state index is -0.523. The number of benzene rings is 1. The molecule has 1 aromatic carbocycles. The van der Waals surface area contributed by atoms with Crippen molar-refractivity contribution in [3.63, 3.8) is 0 Å². The third kappa shape index (κ3) is 2.92. The number of hydrazine groups is 2. The van der Waals surface area contributed by atoms with Gasteiger partial charge in [0.1, 0.15) is 18.0 Å². The van der Waals surface area contributed by atoms with E-state index in [4.69, 9.17) is 4.74 Å². The number of anilines is 1. The fourth-order valence-corrected chi connectivity index (χ4v) is 2.46. The van der Waals surface area contributed by atoms with E-state index in [0.29, 0.717) is 25.3 Å². The lowest BCUT2D eigenvalue weighted by atomic mass is 10.1. The number of nitrogens with zero attached hydrogens (tertiary/aromatic N) is 2.